The van der Waals surface area contributed by atoms with Crippen LogP contribution in [0.2, 0.25) is 0 Å². The van der Waals surface area contributed by atoms with E-state index in [1.54, 1.807) is 0 Å². The number of carbonyl (C=O) groups is 1. The Morgan fingerprint density at radius 2 is 2.31 bits per heavy atom. The van der Waals surface area contributed by atoms with Crippen molar-refractivity contribution in [2.24, 2.45) is 0 Å². The smallest absolute Gasteiger partial charge is 0.281 e. The zero-order chi connectivity index (χ0) is 9.42. The summed E-state index contributed by atoms with van der Waals surface area (Å²) in [5.41, 5.74) is 0.0882. The summed E-state index contributed by atoms with van der Waals surface area (Å²) < 4.78 is 17.5. The summed E-state index contributed by atoms with van der Waals surface area (Å²) in [6.45, 7) is 0. The van der Waals surface area contributed by atoms with Crippen molar-refractivity contribution in [3.63, 3.8) is 0 Å². The van der Waals surface area contributed by atoms with Gasteiger partial charge in [-0.25, -0.2) is 4.39 Å². The summed E-state index contributed by atoms with van der Waals surface area (Å²) in [5.74, 6) is -0.889. The van der Waals surface area contributed by atoms with Crippen LogP contribution in [0.25, 0.3) is 0 Å². The van der Waals surface area contributed by atoms with Crippen molar-refractivity contribution in [3.8, 4) is 5.75 Å². The average molecular weight is 183 g/mol. The molecule has 2 rings (SSSR count). The van der Waals surface area contributed by atoms with Crippen LogP contribution in [-0.4, -0.2) is 17.4 Å². The van der Waals surface area contributed by atoms with Gasteiger partial charge in [0, 0.05) is 0 Å². The van der Waals surface area contributed by atoms with Crippen molar-refractivity contribution < 1.29 is 19.0 Å². The van der Waals surface area contributed by atoms with Gasteiger partial charge in [0.05, 0.1) is 5.56 Å². The lowest BCUT2D eigenvalue weighted by molar-refractivity contribution is -0.0445. The molecule has 1 aliphatic heterocycles. The highest BCUT2D eigenvalue weighted by Crippen LogP contribution is 2.23. The van der Waals surface area contributed by atoms with Crippen LogP contribution in [0.5, 0.6) is 5.75 Å². The first-order valence-corrected chi connectivity index (χ1v) is 3.62. The number of nitrogens with one attached hydrogen (secondary N) is 1. The lowest BCUT2D eigenvalue weighted by atomic mass is 10.1. The Kier molecular flexibility index (Phi) is 1.66. The third kappa shape index (κ3) is 1.33. The van der Waals surface area contributed by atoms with E-state index in [9.17, 15) is 9.18 Å². The number of carbonyl (C=O) groups excluding carboxylic acids is 1. The van der Waals surface area contributed by atoms with Crippen LogP contribution in [0, 0.1) is 5.82 Å². The second-order valence-electron chi connectivity index (χ2n) is 2.58. The highest BCUT2D eigenvalue weighted by Gasteiger charge is 2.23. The maximum Gasteiger partial charge on any atom is 0.281 e. The summed E-state index contributed by atoms with van der Waals surface area (Å²) in [7, 11) is 0. The van der Waals surface area contributed by atoms with Gasteiger partial charge in [0.1, 0.15) is 11.6 Å². The van der Waals surface area contributed by atoms with Gasteiger partial charge in [0.2, 0.25) is 0 Å². The van der Waals surface area contributed by atoms with Gasteiger partial charge in [-0.2, -0.15) is 0 Å². The predicted molar refractivity (Wildman–Crippen MR) is 40.5 cm³/mol. The zero-order valence-corrected chi connectivity index (χ0v) is 6.45. The van der Waals surface area contributed by atoms with Crippen LogP contribution < -0.4 is 10.1 Å². The molecule has 1 aromatic rings. The van der Waals surface area contributed by atoms with Crippen LogP contribution >= 0.6 is 0 Å². The number of fused-ring (bicyclic) bond motifs is 1. The van der Waals surface area contributed by atoms with E-state index in [2.05, 4.69) is 5.32 Å². The minimum absolute atomic E-state index is 0.0882. The first-order valence-electron chi connectivity index (χ1n) is 3.62. The number of ether oxygens (including phenoxy) is 1. The van der Waals surface area contributed by atoms with Crippen molar-refractivity contribution in [2.45, 2.75) is 6.41 Å². The Morgan fingerprint density at radius 1 is 1.54 bits per heavy atom. The molecule has 4 nitrogen and oxygen atoms in total. The molecule has 13 heavy (non-hydrogen) atoms. The Morgan fingerprint density at radius 3 is 3.08 bits per heavy atom. The molecule has 0 aromatic heterocycles. The van der Waals surface area contributed by atoms with Crippen LogP contribution in [0.3, 0.4) is 0 Å². The Bertz CT molecular complexity index is 366. The maximum atomic E-state index is 12.7. The zero-order valence-electron chi connectivity index (χ0n) is 6.45. The van der Waals surface area contributed by atoms with Gasteiger partial charge in [-0.1, -0.05) is 0 Å². The molecule has 1 atom stereocenters. The van der Waals surface area contributed by atoms with Crippen molar-refractivity contribution in [3.05, 3.63) is 29.6 Å². The molecule has 1 amide bonds. The van der Waals surface area contributed by atoms with Gasteiger partial charge in [-0.3, -0.25) is 10.1 Å². The fraction of sp³-hybridized carbons (Fsp3) is 0.125. The molecule has 0 radical (unpaired) electrons. The monoisotopic (exact) mass is 183 g/mol. The summed E-state index contributed by atoms with van der Waals surface area (Å²) in [4.78, 5) is 11.1. The quantitative estimate of drug-likeness (QED) is 0.605. The Balaban J connectivity index is 2.49. The number of hydrogen-bond donors (Lipinski definition) is 2. The number of amides is 1. The first-order chi connectivity index (χ1) is 6.16. The minimum atomic E-state index is -1.36. The number of benzene rings is 1. The molecule has 1 aromatic carbocycles. The second-order valence-corrected chi connectivity index (χ2v) is 2.58. The van der Waals surface area contributed by atoms with Crippen LogP contribution in [0.4, 0.5) is 4.39 Å². The Labute approximate surface area is 72.9 Å². The first kappa shape index (κ1) is 8.00. The largest absolute Gasteiger partial charge is 0.446 e. The lowest BCUT2D eigenvalue weighted by Gasteiger charge is -2.22. The van der Waals surface area contributed by atoms with Gasteiger partial charge in [-0.05, 0) is 18.2 Å². The summed E-state index contributed by atoms with van der Waals surface area (Å²) >= 11 is 0. The molecule has 0 saturated heterocycles. The molecule has 5 heteroatoms. The molecular formula is C8H6FNO3. The van der Waals surface area contributed by atoms with E-state index in [-0.39, 0.29) is 11.3 Å². The molecule has 1 unspecified atom stereocenters. The van der Waals surface area contributed by atoms with Gasteiger partial charge in [0.15, 0.2) is 0 Å². The third-order valence-electron chi connectivity index (χ3n) is 1.68. The molecular weight excluding hydrogens is 177 g/mol. The number of aliphatic hydroxyl groups is 1. The number of hydrogen-bond acceptors (Lipinski definition) is 3. The molecule has 1 aliphatic rings. The second kappa shape index (κ2) is 2.70. The third-order valence-corrected chi connectivity index (χ3v) is 1.68. The maximum absolute atomic E-state index is 12.7. The average Bonchev–Trinajstić information content (AvgIpc) is 2.06. The van der Waals surface area contributed by atoms with E-state index in [1.807, 2.05) is 0 Å². The molecule has 0 bridgehead atoms. The molecule has 1 heterocycles. The van der Waals surface area contributed by atoms with Gasteiger partial charge in [-0.15, -0.1) is 0 Å². The SMILES string of the molecule is O=C1NC(O)Oc2ccc(F)cc21. The summed E-state index contributed by atoms with van der Waals surface area (Å²) in [6, 6.07) is 3.51. The van der Waals surface area contributed by atoms with Crippen LogP contribution in [-0.2, 0) is 0 Å². The van der Waals surface area contributed by atoms with Gasteiger partial charge < -0.3 is 9.84 Å². The van der Waals surface area contributed by atoms with E-state index in [0.717, 1.165) is 12.1 Å². The van der Waals surface area contributed by atoms with Crippen molar-refractivity contribution in [1.82, 2.24) is 5.32 Å². The van der Waals surface area contributed by atoms with Crippen LogP contribution in [0.1, 0.15) is 10.4 Å². The van der Waals surface area contributed by atoms with Crippen molar-refractivity contribution >= 4 is 5.91 Å². The number of rotatable bonds is 0. The van der Waals surface area contributed by atoms with Gasteiger partial charge >= 0.3 is 0 Å². The fourth-order valence-corrected chi connectivity index (χ4v) is 1.12. The molecule has 0 fully saturated rings. The van der Waals surface area contributed by atoms with E-state index in [4.69, 9.17) is 9.84 Å². The van der Waals surface area contributed by atoms with E-state index < -0.39 is 18.1 Å². The number of halogens is 1. The normalized spacial score (nSPS) is 20.2. The standard InChI is InChI=1S/C8H6FNO3/c9-4-1-2-6-5(3-4)7(11)10-8(12)13-6/h1-3,8,12H,(H,10,11). The van der Waals surface area contributed by atoms with E-state index >= 15 is 0 Å². The molecule has 0 saturated carbocycles. The fourth-order valence-electron chi connectivity index (χ4n) is 1.12. The lowest BCUT2D eigenvalue weighted by Crippen LogP contribution is -2.43. The molecule has 2 N–H and O–H groups in total. The van der Waals surface area contributed by atoms with Crippen molar-refractivity contribution in [2.75, 3.05) is 0 Å². The molecule has 68 valence electrons. The topological polar surface area (TPSA) is 58.6 Å². The predicted octanol–water partition coefficient (Wildman–Crippen LogP) is 0.224. The van der Waals surface area contributed by atoms with E-state index in [1.165, 1.54) is 6.07 Å². The van der Waals surface area contributed by atoms with E-state index in [0.29, 0.717) is 0 Å². The highest BCUT2D eigenvalue weighted by atomic mass is 19.1. The van der Waals surface area contributed by atoms with Crippen LogP contribution in [0.15, 0.2) is 18.2 Å². The summed E-state index contributed by atoms with van der Waals surface area (Å²) in [5, 5.41) is 11.0. The molecule has 0 spiro atoms. The van der Waals surface area contributed by atoms with Gasteiger partial charge in [0.25, 0.3) is 12.3 Å². The number of aliphatic hydroxyl groups excluding tert-OH is 1. The molecule has 0 aliphatic carbocycles. The minimum Gasteiger partial charge on any atom is -0.446 e. The summed E-state index contributed by atoms with van der Waals surface area (Å²) in [6.07, 6.45) is -1.36. The van der Waals surface area contributed by atoms with Crippen molar-refractivity contribution in [1.29, 1.82) is 0 Å². The Hall–Kier alpha value is -1.62. The highest BCUT2D eigenvalue weighted by molar-refractivity contribution is 5.97.